The molecule has 0 spiro atoms. The van der Waals surface area contributed by atoms with Crippen LogP contribution in [0.1, 0.15) is 273 Å². The molecule has 3 aromatic rings. The largest absolute Gasteiger partial charge is 0.587 e. The van der Waals surface area contributed by atoms with Crippen LogP contribution < -0.4 is 9.05 Å². The Balaban J connectivity index is 0.000000140. The number of phosphoric acid groups is 1. The number of hydrogen-bond donors (Lipinski definition) is 4. The third-order valence-corrected chi connectivity index (χ3v) is 35.3. The van der Waals surface area contributed by atoms with Crippen LogP contribution in [0.25, 0.3) is 10.4 Å². The first kappa shape index (κ1) is 76.7. The van der Waals surface area contributed by atoms with Crippen LogP contribution in [0.5, 0.6) is 11.5 Å². The summed E-state index contributed by atoms with van der Waals surface area (Å²) in [6.45, 7) is 25.1. The van der Waals surface area contributed by atoms with Gasteiger partial charge in [0.2, 0.25) is 0 Å². The molecule has 14 nitrogen and oxygen atoms in total. The number of aryl methyl sites for hydroxylation is 1. The molecular formula is C87H137N6O8P. The van der Waals surface area contributed by atoms with Gasteiger partial charge >= 0.3 is 7.82 Å². The van der Waals surface area contributed by atoms with E-state index in [-0.39, 0.29) is 24.9 Å². The fourth-order valence-electron chi connectivity index (χ4n) is 28.7. The third-order valence-electron chi connectivity index (χ3n) is 33.9. The van der Waals surface area contributed by atoms with Crippen LogP contribution in [0.2, 0.25) is 0 Å². The highest BCUT2D eigenvalue weighted by Gasteiger charge is 2.64. The number of rotatable bonds is 21. The fraction of sp³-hybridized carbons (Fsp3) is 0.839. The highest BCUT2D eigenvalue weighted by molar-refractivity contribution is 7.49. The monoisotopic (exact) mass is 1430 g/mol. The van der Waals surface area contributed by atoms with Crippen molar-refractivity contribution in [1.29, 1.82) is 0 Å². The summed E-state index contributed by atoms with van der Waals surface area (Å²) < 4.78 is 33.2. The number of aliphatic hydroxyl groups is 4. The maximum atomic E-state index is 13.7. The number of fused-ring (bicyclic) bond motifs is 15. The Bertz CT molecular complexity index is 3250. The second kappa shape index (κ2) is 32.0. The van der Waals surface area contributed by atoms with Crippen LogP contribution in [0.15, 0.2) is 72.0 Å². The van der Waals surface area contributed by atoms with Crippen LogP contribution in [0.3, 0.4) is 0 Å². The zero-order chi connectivity index (χ0) is 71.8. The molecule has 27 atom stereocenters. The first-order valence-electron chi connectivity index (χ1n) is 42.2. The molecule has 102 heavy (non-hydrogen) atoms. The highest BCUT2D eigenvalue weighted by atomic mass is 31.2. The van der Waals surface area contributed by atoms with Crippen molar-refractivity contribution in [1.82, 2.24) is 15.0 Å². The van der Waals surface area contributed by atoms with E-state index in [1.165, 1.54) is 141 Å². The summed E-state index contributed by atoms with van der Waals surface area (Å²) in [4.78, 5) is 2.95. The van der Waals surface area contributed by atoms with Crippen molar-refractivity contribution in [2.45, 2.75) is 299 Å². The average Bonchev–Trinajstić information content (AvgIpc) is 1.34. The SMILES string of the molecule is C[C@H](CCCOP(=O)(Oc1ccccc1)Oc1ccccc1)C1CC[C@H]2C3CC[C@@H]4C[C@H](O)CC[C@]4(C)C3CC[C@]12C.C[C@H](CCCn1cc(CCO)nn1)C1CC[C@H]2C3CC[C@@H]4C[C@H](O)CC[C@]4(C)C3CC[C@]12C.C[C@H](CCN=[N+]=[N-])C1CC[C@H]2C3CC[C@@H]4C[C@H](O)CC[C@]4(C)C3CC[C@]12C. The molecular weight excluding hydrogens is 1290 g/mol. The van der Waals surface area contributed by atoms with Gasteiger partial charge < -0.3 is 29.5 Å². The lowest BCUT2D eigenvalue weighted by Crippen LogP contribution is -2.54. The molecule has 12 fully saturated rings. The van der Waals surface area contributed by atoms with E-state index in [0.29, 0.717) is 75.4 Å². The minimum atomic E-state index is -3.84. The Labute approximate surface area is 615 Å². The topological polar surface area (TPSA) is 205 Å². The summed E-state index contributed by atoms with van der Waals surface area (Å²) in [5.74, 6) is 15.6. The van der Waals surface area contributed by atoms with E-state index in [0.717, 1.165) is 171 Å². The number of aliphatic hydroxyl groups excluding tert-OH is 4. The van der Waals surface area contributed by atoms with Crippen molar-refractivity contribution in [3.8, 4) is 11.5 Å². The Morgan fingerprint density at radius 2 is 0.902 bits per heavy atom. The average molecular weight is 1430 g/mol. The van der Waals surface area contributed by atoms with Gasteiger partial charge in [-0.15, -0.1) is 5.10 Å². The highest BCUT2D eigenvalue weighted by Crippen LogP contribution is 2.72. The minimum Gasteiger partial charge on any atom is -0.396 e. The number of aromatic nitrogens is 3. The van der Waals surface area contributed by atoms with Crippen molar-refractivity contribution in [2.75, 3.05) is 19.8 Å². The number of phosphoric ester groups is 1. The van der Waals surface area contributed by atoms with Crippen molar-refractivity contribution >= 4 is 7.82 Å². The lowest BCUT2D eigenvalue weighted by Gasteiger charge is -2.61. The molecule has 9 unspecified atom stereocenters. The predicted octanol–water partition coefficient (Wildman–Crippen LogP) is 21.3. The fourth-order valence-corrected chi connectivity index (χ4v) is 29.9. The van der Waals surface area contributed by atoms with Gasteiger partial charge in [0.15, 0.2) is 0 Å². The van der Waals surface area contributed by atoms with E-state index in [1.807, 2.05) is 47.3 Å². The van der Waals surface area contributed by atoms with Crippen LogP contribution in [0.4, 0.5) is 0 Å². The van der Waals surface area contributed by atoms with Gasteiger partial charge in [0.05, 0.1) is 30.6 Å². The van der Waals surface area contributed by atoms with Gasteiger partial charge in [-0.2, -0.15) is 0 Å². The molecule has 12 saturated carbocycles. The molecule has 12 aliphatic rings. The van der Waals surface area contributed by atoms with Crippen molar-refractivity contribution in [3.63, 3.8) is 0 Å². The van der Waals surface area contributed by atoms with Crippen LogP contribution in [-0.4, -0.2) is 73.5 Å². The molecule has 2 aromatic carbocycles. The van der Waals surface area contributed by atoms with E-state index in [1.54, 1.807) is 24.3 Å². The predicted molar refractivity (Wildman–Crippen MR) is 407 cm³/mol. The van der Waals surface area contributed by atoms with Gasteiger partial charge in [0.25, 0.3) is 0 Å². The van der Waals surface area contributed by atoms with Crippen molar-refractivity contribution in [3.05, 3.63) is 83.0 Å². The van der Waals surface area contributed by atoms with Gasteiger partial charge in [-0.3, -0.25) is 9.21 Å². The zero-order valence-corrected chi connectivity index (χ0v) is 65.6. The number of para-hydroxylation sites is 2. The summed E-state index contributed by atoms with van der Waals surface area (Å²) in [6.07, 6.45) is 42.7. The summed E-state index contributed by atoms with van der Waals surface area (Å²) in [7, 11) is -3.84. The van der Waals surface area contributed by atoms with E-state index in [4.69, 9.17) is 24.2 Å². The van der Waals surface area contributed by atoms with Crippen molar-refractivity contribution < 1.29 is 38.6 Å². The van der Waals surface area contributed by atoms with Gasteiger partial charge in [-0.1, -0.05) is 109 Å². The standard InChI is InChI=1S/C36H51O5P.C28H47N3O2.C23H39N3O/c1-26(11-10-24-39-42(38,40-29-12-6-4-7-13-29)41-30-14-8-5-9-15-30)32-18-19-33-31-17-16-27-25-28(37)20-22-35(27,2)34(31)21-23-36(32,33)3;1-19(5-4-15-31-18-21(12-16-32)29-30-31)24-8-9-25-23-7-6-20-17-22(33)10-13-27(20,2)26(23)11-14-28(24,25)3;1-15(10-13-25-26-24)19-6-7-20-18-5-4-16-14-17(27)8-11-22(16,2)21(18)9-12-23(19,20)3/h4-9,12-15,26-28,31-34,37H,10-11,16-25H2,1-3H3;18-20,22-26,32-33H,4-17H2,1-3H3;15-21,27H,4-14H2,1-3H3/t26-,27-,28-,31?,32?,33+,34?,35+,36-;19-,20-,22-,23?,24?,25+,26?,27+,28-;15-,16-,17-,18?,19?,20+,21?,22+,23-/m111/s1. The Kier molecular flexibility index (Phi) is 24.1. The Hall–Kier alpha value is -3.48. The van der Waals surface area contributed by atoms with E-state index >= 15 is 0 Å². The van der Waals surface area contributed by atoms with Crippen molar-refractivity contribution in [2.24, 2.45) is 144 Å². The summed E-state index contributed by atoms with van der Waals surface area (Å²) in [5.41, 5.74) is 12.3. The molecule has 15 heteroatoms. The van der Waals surface area contributed by atoms with Gasteiger partial charge in [-0.05, 0) is 374 Å². The maximum Gasteiger partial charge on any atom is 0.587 e. The van der Waals surface area contributed by atoms with Crippen LogP contribution in [-0.2, 0) is 22.1 Å². The Morgan fingerprint density at radius 1 is 0.520 bits per heavy atom. The second-order valence-corrected chi connectivity index (χ2v) is 40.0. The second-order valence-electron chi connectivity index (χ2n) is 38.4. The molecule has 1 aromatic heterocycles. The molecule has 15 rings (SSSR count). The molecule has 0 saturated heterocycles. The first-order chi connectivity index (χ1) is 48.9. The van der Waals surface area contributed by atoms with Crippen LogP contribution >= 0.6 is 7.82 Å². The molecule has 1 heterocycles. The number of azide groups is 1. The molecule has 568 valence electrons. The lowest BCUT2D eigenvalue weighted by molar-refractivity contribution is -0.129. The minimum absolute atomic E-state index is 0.0380. The molecule has 12 aliphatic carbocycles. The normalized spacial score (nSPS) is 42.5. The molecule has 0 aliphatic heterocycles. The maximum absolute atomic E-state index is 13.7. The lowest BCUT2D eigenvalue weighted by atomic mass is 9.44. The summed E-state index contributed by atoms with van der Waals surface area (Å²) >= 11 is 0. The quantitative estimate of drug-likeness (QED) is 0.0261. The summed E-state index contributed by atoms with van der Waals surface area (Å²) in [5, 5.41) is 52.2. The molecule has 4 N–H and O–H groups in total. The van der Waals surface area contributed by atoms with E-state index in [9.17, 15) is 19.9 Å². The molecule has 0 radical (unpaired) electrons. The number of benzene rings is 2. The molecule has 0 amide bonds. The van der Waals surface area contributed by atoms with Gasteiger partial charge in [0.1, 0.15) is 11.5 Å². The number of hydrogen-bond acceptors (Lipinski definition) is 11. The number of nitrogens with zero attached hydrogens (tertiary/aromatic N) is 6. The summed E-state index contributed by atoms with van der Waals surface area (Å²) in [6, 6.07) is 18.2. The Morgan fingerprint density at radius 3 is 1.30 bits per heavy atom. The van der Waals surface area contributed by atoms with E-state index in [2.05, 4.69) is 82.7 Å². The smallest absolute Gasteiger partial charge is 0.396 e. The zero-order valence-electron chi connectivity index (χ0n) is 64.7. The van der Waals surface area contributed by atoms with E-state index < -0.39 is 7.82 Å². The third kappa shape index (κ3) is 15.4. The molecule has 0 bridgehead atoms. The van der Waals surface area contributed by atoms with Gasteiger partial charge in [-0.25, -0.2) is 4.57 Å². The van der Waals surface area contributed by atoms with Gasteiger partial charge in [0, 0.05) is 37.2 Å². The first-order valence-corrected chi connectivity index (χ1v) is 43.7. The van der Waals surface area contributed by atoms with Crippen LogP contribution in [0, 0.1) is 139 Å².